The molecule has 0 spiro atoms. The van der Waals surface area contributed by atoms with Crippen LogP contribution in [-0.4, -0.2) is 41.4 Å². The number of hydrogen-bond donors (Lipinski definition) is 0. The molecule has 1 unspecified atom stereocenters. The van der Waals surface area contributed by atoms with Crippen LogP contribution in [0.15, 0.2) is 42.6 Å². The molecule has 9 heteroatoms. The van der Waals surface area contributed by atoms with Gasteiger partial charge < -0.3 is 0 Å². The van der Waals surface area contributed by atoms with Crippen molar-refractivity contribution in [2.45, 2.75) is 24.6 Å². The first-order chi connectivity index (χ1) is 11.4. The number of carbonyl (C=O) groups excluding carboxylic acids is 1. The highest BCUT2D eigenvalue weighted by Gasteiger charge is 2.43. The highest BCUT2D eigenvalue weighted by atomic mass is 32.2. The average Bonchev–Trinajstić information content (AvgIpc) is 3.10. The maximum atomic E-state index is 12.7. The van der Waals surface area contributed by atoms with Gasteiger partial charge in [-0.2, -0.15) is 5.10 Å². The molecule has 0 radical (unpaired) electrons. The second kappa shape index (κ2) is 6.31. The molecule has 1 aliphatic rings. The maximum Gasteiger partial charge on any atom is 0.285 e. The number of rotatable bonds is 4. The minimum atomic E-state index is -3.90. The standard InChI is InChI=1S/C15H15F2N3O3S/c16-14(17)10-19-12(6-8-18-19)15(21)20-9-7-13(24(20,22)23)11-4-2-1-3-5-11/h1-6,8,13-14H,7,9-10H2. The first kappa shape index (κ1) is 16.6. The lowest BCUT2D eigenvalue weighted by molar-refractivity contribution is 0.0842. The topological polar surface area (TPSA) is 72.3 Å². The van der Waals surface area contributed by atoms with Gasteiger partial charge in [0.1, 0.15) is 17.5 Å². The molecule has 1 saturated heterocycles. The summed E-state index contributed by atoms with van der Waals surface area (Å²) in [6, 6.07) is 9.86. The first-order valence-electron chi connectivity index (χ1n) is 7.32. The van der Waals surface area contributed by atoms with E-state index in [-0.39, 0.29) is 18.7 Å². The van der Waals surface area contributed by atoms with E-state index in [0.717, 1.165) is 8.99 Å². The van der Waals surface area contributed by atoms with Crippen molar-refractivity contribution in [3.8, 4) is 0 Å². The molecule has 2 heterocycles. The zero-order valence-electron chi connectivity index (χ0n) is 12.5. The lowest BCUT2D eigenvalue weighted by Gasteiger charge is -2.18. The summed E-state index contributed by atoms with van der Waals surface area (Å²) in [6.45, 7) is -0.745. The molecule has 1 aromatic carbocycles. The van der Waals surface area contributed by atoms with Crippen LogP contribution < -0.4 is 0 Å². The number of nitrogens with zero attached hydrogens (tertiary/aromatic N) is 3. The van der Waals surface area contributed by atoms with E-state index in [1.54, 1.807) is 30.3 Å². The number of hydrogen-bond acceptors (Lipinski definition) is 4. The Morgan fingerprint density at radius 1 is 1.25 bits per heavy atom. The van der Waals surface area contributed by atoms with Crippen molar-refractivity contribution in [1.82, 2.24) is 14.1 Å². The molecular formula is C15H15F2N3O3S. The van der Waals surface area contributed by atoms with Crippen LogP contribution in [0.2, 0.25) is 0 Å². The van der Waals surface area contributed by atoms with Crippen molar-refractivity contribution in [2.24, 2.45) is 0 Å². The van der Waals surface area contributed by atoms with Crippen LogP contribution in [0.5, 0.6) is 0 Å². The Hall–Kier alpha value is -2.29. The number of amides is 1. The van der Waals surface area contributed by atoms with Crippen LogP contribution in [-0.2, 0) is 16.6 Å². The number of benzene rings is 1. The van der Waals surface area contributed by atoms with Gasteiger partial charge in [-0.05, 0) is 18.1 Å². The van der Waals surface area contributed by atoms with Crippen molar-refractivity contribution < 1.29 is 22.0 Å². The van der Waals surface area contributed by atoms with Gasteiger partial charge in [0.2, 0.25) is 10.0 Å². The molecule has 24 heavy (non-hydrogen) atoms. The molecule has 0 N–H and O–H groups in total. The average molecular weight is 355 g/mol. The van der Waals surface area contributed by atoms with Crippen LogP contribution in [0.4, 0.5) is 8.78 Å². The lowest BCUT2D eigenvalue weighted by atomic mass is 10.1. The summed E-state index contributed by atoms with van der Waals surface area (Å²) in [7, 11) is -3.90. The van der Waals surface area contributed by atoms with Gasteiger partial charge in [0.25, 0.3) is 12.3 Å². The minimum absolute atomic E-state index is 0.0145. The van der Waals surface area contributed by atoms with E-state index in [4.69, 9.17) is 0 Å². The third-order valence-electron chi connectivity index (χ3n) is 3.91. The Bertz CT molecular complexity index is 837. The number of alkyl halides is 2. The van der Waals surface area contributed by atoms with E-state index in [1.165, 1.54) is 12.3 Å². The summed E-state index contributed by atoms with van der Waals surface area (Å²) in [5, 5.41) is 2.86. The van der Waals surface area contributed by atoms with E-state index in [0.29, 0.717) is 5.56 Å². The molecular weight excluding hydrogens is 340 g/mol. The summed E-state index contributed by atoms with van der Waals surface area (Å²) < 4.78 is 52.1. The molecule has 0 aliphatic carbocycles. The number of sulfonamides is 1. The predicted octanol–water partition coefficient (Wildman–Crippen LogP) is 2.07. The van der Waals surface area contributed by atoms with Crippen molar-refractivity contribution in [3.05, 3.63) is 53.9 Å². The molecule has 0 saturated carbocycles. The predicted molar refractivity (Wildman–Crippen MR) is 82.0 cm³/mol. The first-order valence-corrected chi connectivity index (χ1v) is 8.82. The Morgan fingerprint density at radius 2 is 1.96 bits per heavy atom. The summed E-state index contributed by atoms with van der Waals surface area (Å²) in [5.74, 6) is -0.827. The van der Waals surface area contributed by atoms with Crippen molar-refractivity contribution in [2.75, 3.05) is 6.54 Å². The molecule has 1 amide bonds. The van der Waals surface area contributed by atoms with E-state index < -0.39 is 34.2 Å². The summed E-state index contributed by atoms with van der Waals surface area (Å²) in [5.41, 5.74) is 0.446. The van der Waals surface area contributed by atoms with Gasteiger partial charge >= 0.3 is 0 Å². The Kier molecular flexibility index (Phi) is 4.35. The second-order valence-electron chi connectivity index (χ2n) is 5.40. The summed E-state index contributed by atoms with van der Waals surface area (Å²) in [6.07, 6.45) is -1.22. The Labute approximate surface area is 137 Å². The Balaban J connectivity index is 1.89. The van der Waals surface area contributed by atoms with Gasteiger partial charge in [-0.15, -0.1) is 0 Å². The molecule has 128 valence electrons. The minimum Gasteiger partial charge on any atom is -0.266 e. The fourth-order valence-electron chi connectivity index (χ4n) is 2.81. The van der Waals surface area contributed by atoms with Gasteiger partial charge in [0.15, 0.2) is 0 Å². The van der Waals surface area contributed by atoms with Gasteiger partial charge in [0.05, 0.1) is 0 Å². The fourth-order valence-corrected chi connectivity index (χ4v) is 4.70. The van der Waals surface area contributed by atoms with Crippen molar-refractivity contribution in [3.63, 3.8) is 0 Å². The van der Waals surface area contributed by atoms with Crippen LogP contribution in [0.3, 0.4) is 0 Å². The normalized spacial score (nSPS) is 19.8. The molecule has 1 fully saturated rings. The molecule has 3 rings (SSSR count). The number of aromatic nitrogens is 2. The van der Waals surface area contributed by atoms with E-state index in [9.17, 15) is 22.0 Å². The van der Waals surface area contributed by atoms with E-state index >= 15 is 0 Å². The third-order valence-corrected chi connectivity index (χ3v) is 6.10. The quantitative estimate of drug-likeness (QED) is 0.842. The highest BCUT2D eigenvalue weighted by molar-refractivity contribution is 7.90. The van der Waals surface area contributed by atoms with Crippen molar-refractivity contribution >= 4 is 15.9 Å². The monoisotopic (exact) mass is 355 g/mol. The van der Waals surface area contributed by atoms with Gasteiger partial charge in [-0.3, -0.25) is 9.48 Å². The molecule has 1 aliphatic heterocycles. The second-order valence-corrected chi connectivity index (χ2v) is 7.44. The highest BCUT2D eigenvalue weighted by Crippen LogP contribution is 2.36. The number of carbonyl (C=O) groups is 1. The molecule has 0 bridgehead atoms. The van der Waals surface area contributed by atoms with E-state index in [1.807, 2.05) is 0 Å². The van der Waals surface area contributed by atoms with Gasteiger partial charge in [-0.25, -0.2) is 21.5 Å². The largest absolute Gasteiger partial charge is 0.285 e. The van der Waals surface area contributed by atoms with Crippen molar-refractivity contribution in [1.29, 1.82) is 0 Å². The molecule has 6 nitrogen and oxygen atoms in total. The lowest BCUT2D eigenvalue weighted by Crippen LogP contribution is -2.35. The van der Waals surface area contributed by atoms with Crippen LogP contribution >= 0.6 is 0 Å². The molecule has 1 atom stereocenters. The third kappa shape index (κ3) is 2.91. The number of halogens is 2. The van der Waals surface area contributed by atoms with E-state index in [2.05, 4.69) is 5.10 Å². The molecule has 1 aromatic heterocycles. The van der Waals surface area contributed by atoms with Gasteiger partial charge in [-0.1, -0.05) is 30.3 Å². The maximum absolute atomic E-state index is 12.7. The summed E-state index contributed by atoms with van der Waals surface area (Å²) >= 11 is 0. The smallest absolute Gasteiger partial charge is 0.266 e. The zero-order chi connectivity index (χ0) is 17.3. The Morgan fingerprint density at radius 3 is 2.62 bits per heavy atom. The van der Waals surface area contributed by atoms with Crippen LogP contribution in [0, 0.1) is 0 Å². The van der Waals surface area contributed by atoms with Gasteiger partial charge in [0, 0.05) is 12.7 Å². The summed E-state index contributed by atoms with van der Waals surface area (Å²) in [4.78, 5) is 12.5. The molecule has 2 aromatic rings. The van der Waals surface area contributed by atoms with Crippen LogP contribution in [0.25, 0.3) is 0 Å². The SMILES string of the molecule is O=C(c1ccnn1CC(F)F)N1CCC(c2ccccc2)S1(=O)=O. The zero-order valence-corrected chi connectivity index (χ0v) is 13.4. The van der Waals surface area contributed by atoms with Crippen LogP contribution in [0.1, 0.15) is 27.7 Å². The fraction of sp³-hybridized carbons (Fsp3) is 0.333.